The number of benzene rings is 6. The van der Waals surface area contributed by atoms with Gasteiger partial charge in [0.25, 0.3) is 35.4 Å². The van der Waals surface area contributed by atoms with Crippen LogP contribution in [0.4, 0.5) is 43.8 Å². The fourth-order valence-electron chi connectivity index (χ4n) is 12.0. The van der Waals surface area contributed by atoms with Gasteiger partial charge in [0, 0.05) is 86.0 Å². The third-order valence-corrected chi connectivity index (χ3v) is 17.5. The summed E-state index contributed by atoms with van der Waals surface area (Å²) >= 11 is 0. The van der Waals surface area contributed by atoms with E-state index in [1.807, 2.05) is 0 Å². The lowest BCUT2D eigenvalue weighted by atomic mass is 10.0. The molecule has 12 rings (SSSR count). The van der Waals surface area contributed by atoms with E-state index in [1.165, 1.54) is 86.8 Å². The van der Waals surface area contributed by atoms with Crippen LogP contribution in [0.15, 0.2) is 109 Å². The lowest BCUT2D eigenvalue weighted by molar-refractivity contribution is 0.0668. The summed E-state index contributed by atoms with van der Waals surface area (Å²) in [4.78, 5) is 73.5. The van der Waals surface area contributed by atoms with Crippen LogP contribution in [0, 0.1) is 55.7 Å². The second-order valence-electron chi connectivity index (χ2n) is 24.3. The number of anilines is 3. The van der Waals surface area contributed by atoms with Crippen LogP contribution < -0.4 is 50.4 Å². The number of primary amides is 3. The predicted octanol–water partition coefficient (Wildman–Crippen LogP) is 8.91. The molecule has 101 heavy (non-hydrogen) atoms. The Morgan fingerprint density at radius 3 is 0.950 bits per heavy atom. The quantitative estimate of drug-likeness (QED) is 0.0362. The first-order valence-electron chi connectivity index (χ1n) is 32.0. The number of hydrogen-bond donors (Lipinski definition) is 9. The predicted molar refractivity (Wildman–Crippen MR) is 361 cm³/mol. The van der Waals surface area contributed by atoms with Gasteiger partial charge in [0.2, 0.25) is 0 Å². The van der Waals surface area contributed by atoms with Crippen molar-refractivity contribution in [1.82, 2.24) is 45.3 Å². The van der Waals surface area contributed by atoms with Crippen molar-refractivity contribution >= 4 is 52.9 Å². The molecule has 1 unspecified atom stereocenters. The van der Waals surface area contributed by atoms with Crippen LogP contribution in [-0.2, 0) is 33.8 Å². The van der Waals surface area contributed by atoms with Crippen LogP contribution in [0.1, 0.15) is 146 Å². The second kappa shape index (κ2) is 31.7. The molecule has 9 aromatic rings. The zero-order chi connectivity index (χ0) is 72.5. The number of nitrogen functional groups attached to an aromatic ring is 3. The molecule has 3 aliphatic heterocycles. The Kier molecular flexibility index (Phi) is 22.7. The minimum absolute atomic E-state index is 0.0185. The molecular formula is C71H73F6N15O9. The smallest absolute Gasteiger partial charge is 0.254 e. The van der Waals surface area contributed by atoms with E-state index in [4.69, 9.17) is 48.6 Å². The first kappa shape index (κ1) is 72.4. The molecule has 0 saturated carbocycles. The summed E-state index contributed by atoms with van der Waals surface area (Å²) in [5.41, 5.74) is 39.2. The fourth-order valence-corrected chi connectivity index (χ4v) is 12.0. The number of aryl methyl sites for hydroxylation is 3. The largest absolute Gasteiger partial charge is 0.383 e. The maximum absolute atomic E-state index is 15.1. The zero-order valence-corrected chi connectivity index (χ0v) is 55.1. The molecule has 0 aliphatic carbocycles. The highest BCUT2D eigenvalue weighted by Gasteiger charge is 2.32. The molecule has 15 N–H and O–H groups in total. The van der Waals surface area contributed by atoms with Crippen molar-refractivity contribution in [1.29, 1.82) is 0 Å². The zero-order valence-electron chi connectivity index (χ0n) is 55.1. The highest BCUT2D eigenvalue weighted by atomic mass is 19.1. The summed E-state index contributed by atoms with van der Waals surface area (Å²) in [5, 5.41) is 21.2. The van der Waals surface area contributed by atoms with Crippen LogP contribution in [0.5, 0.6) is 0 Å². The van der Waals surface area contributed by atoms with Crippen LogP contribution in [0.25, 0.3) is 33.8 Å². The van der Waals surface area contributed by atoms with E-state index < -0.39 is 70.3 Å². The van der Waals surface area contributed by atoms with E-state index in [1.54, 1.807) is 39.0 Å². The average molecular weight is 1390 g/mol. The molecule has 6 aromatic carbocycles. The van der Waals surface area contributed by atoms with E-state index >= 15 is 13.2 Å². The van der Waals surface area contributed by atoms with Gasteiger partial charge >= 0.3 is 0 Å². The van der Waals surface area contributed by atoms with E-state index in [0.29, 0.717) is 105 Å². The van der Waals surface area contributed by atoms with Crippen LogP contribution >= 0.6 is 0 Å². The molecule has 3 aliphatic rings. The van der Waals surface area contributed by atoms with Gasteiger partial charge < -0.3 is 64.6 Å². The highest BCUT2D eigenvalue weighted by molar-refractivity contribution is 6.05. The van der Waals surface area contributed by atoms with Gasteiger partial charge in [0.15, 0.2) is 0 Å². The third kappa shape index (κ3) is 16.5. The minimum Gasteiger partial charge on any atom is -0.383 e. The number of hydrogen-bond acceptors (Lipinski definition) is 15. The van der Waals surface area contributed by atoms with E-state index in [-0.39, 0.29) is 122 Å². The number of rotatable bonds is 18. The number of aromatic nitrogens is 6. The maximum Gasteiger partial charge on any atom is 0.254 e. The lowest BCUT2D eigenvalue weighted by Gasteiger charge is -2.23. The van der Waals surface area contributed by atoms with Crippen molar-refractivity contribution in [3.8, 4) is 33.8 Å². The molecule has 0 radical (unpaired) electrons. The minimum atomic E-state index is -0.811. The summed E-state index contributed by atoms with van der Waals surface area (Å²) in [5.74, 6) is -7.08. The summed E-state index contributed by atoms with van der Waals surface area (Å²) < 4.78 is 106. The Bertz CT molecular complexity index is 4460. The van der Waals surface area contributed by atoms with Gasteiger partial charge in [-0.2, -0.15) is 15.3 Å². The van der Waals surface area contributed by atoms with Crippen molar-refractivity contribution < 1.29 is 69.3 Å². The van der Waals surface area contributed by atoms with Gasteiger partial charge in [-0.15, -0.1) is 0 Å². The van der Waals surface area contributed by atoms with Gasteiger partial charge in [-0.25, -0.2) is 40.4 Å². The van der Waals surface area contributed by atoms with Crippen LogP contribution in [0.3, 0.4) is 0 Å². The van der Waals surface area contributed by atoms with Crippen molar-refractivity contribution in [2.75, 3.05) is 56.8 Å². The Morgan fingerprint density at radius 1 is 0.406 bits per heavy atom. The molecule has 3 saturated heterocycles. The molecule has 3 fully saturated rings. The van der Waals surface area contributed by atoms with Crippen LogP contribution in [0.2, 0.25) is 0 Å². The number of carbonyl (C=O) groups is 6. The van der Waals surface area contributed by atoms with Gasteiger partial charge in [-0.05, 0) is 159 Å². The molecule has 0 bridgehead atoms. The standard InChI is InChI=1S/2C24H25F2N5O3.C23H23F2N5O3/c2*1-13-2-4-15(25)11-18(13)24(33)29-12-14-3-5-17(19(26)10-14)21-20(23(28)32)22(27)31(30-21)16-6-8-34-9-7-16;1-12-2-4-14(24)9-17(12)23(32)28-10-13-3-5-16(18(25)8-13)20-19(22(27)31)21(26)30(29-20)15-6-7-33-11-15/h2*2-5,10-11,16H,6-9,12,27H2,1H3,(H2,28,32)(H,29,33);2-5,8-9,15H,6-7,10-11,26H2,1H3,(H2,27,31)(H,28,32). The molecule has 528 valence electrons. The first-order chi connectivity index (χ1) is 48.3. The molecule has 6 amide bonds. The maximum atomic E-state index is 15.1. The van der Waals surface area contributed by atoms with Crippen molar-refractivity contribution in [2.24, 2.45) is 17.2 Å². The Balaban J connectivity index is 0.000000163. The molecular weight excluding hydrogens is 1320 g/mol. The van der Waals surface area contributed by atoms with Gasteiger partial charge in [0.1, 0.15) is 86.1 Å². The molecule has 3 aromatic heterocycles. The molecule has 1 atom stereocenters. The molecule has 6 heterocycles. The number of nitrogens with zero attached hydrogens (tertiary/aromatic N) is 6. The number of nitrogens with one attached hydrogen (secondary N) is 3. The third-order valence-electron chi connectivity index (χ3n) is 17.5. The Morgan fingerprint density at radius 2 is 0.683 bits per heavy atom. The Hall–Kier alpha value is -11.4. The monoisotopic (exact) mass is 1390 g/mol. The van der Waals surface area contributed by atoms with E-state index in [2.05, 4.69) is 31.2 Å². The average Bonchev–Trinajstić information content (AvgIpc) is 1.64. The molecule has 0 spiro atoms. The Labute approximate surface area is 574 Å². The van der Waals surface area contributed by atoms with Crippen molar-refractivity contribution in [2.45, 2.75) is 90.6 Å². The number of ether oxygens (including phenoxy) is 3. The second-order valence-corrected chi connectivity index (χ2v) is 24.3. The lowest BCUT2D eigenvalue weighted by Crippen LogP contribution is -2.23. The van der Waals surface area contributed by atoms with E-state index in [9.17, 15) is 41.9 Å². The number of amides is 6. The number of carbonyl (C=O) groups excluding carboxylic acids is 6. The number of halogens is 6. The van der Waals surface area contributed by atoms with Gasteiger partial charge in [-0.3, -0.25) is 28.8 Å². The summed E-state index contributed by atoms with van der Waals surface area (Å²) in [6.45, 7) is 8.22. The fraction of sp³-hybridized carbons (Fsp3) is 0.282. The molecule has 30 heteroatoms. The number of nitrogens with two attached hydrogens (primary N) is 6. The van der Waals surface area contributed by atoms with Gasteiger partial charge in [0.05, 0.1) is 24.7 Å². The molecule has 24 nitrogen and oxygen atoms in total. The normalized spacial score (nSPS) is 14.6. The van der Waals surface area contributed by atoms with E-state index in [0.717, 1.165) is 18.2 Å². The SMILES string of the molecule is Cc1ccc(F)cc1C(=O)NCc1ccc(-c2nn(C3CCOC3)c(N)c2C(N)=O)c(F)c1.Cc1ccc(F)cc1C(=O)NCc1ccc(-c2nn(C3CCOCC3)c(N)c2C(N)=O)c(F)c1.Cc1ccc(F)cc1C(=O)NCc1ccc(-c2nn(C3CCOCC3)c(N)c2C(N)=O)c(F)c1. The summed E-state index contributed by atoms with van der Waals surface area (Å²) in [6, 6.07) is 24.4. The summed E-state index contributed by atoms with van der Waals surface area (Å²) in [7, 11) is 0. The van der Waals surface area contributed by atoms with Gasteiger partial charge in [-0.1, -0.05) is 36.4 Å². The topological polar surface area (TPSA) is 376 Å². The summed E-state index contributed by atoms with van der Waals surface area (Å²) in [6.07, 6.45) is 3.31. The first-order valence-corrected chi connectivity index (χ1v) is 32.0. The highest BCUT2D eigenvalue weighted by Crippen LogP contribution is 2.37. The van der Waals surface area contributed by atoms with Crippen LogP contribution in [-0.4, -0.2) is 104 Å². The van der Waals surface area contributed by atoms with Crippen molar-refractivity contribution in [3.05, 3.63) is 211 Å². The van der Waals surface area contributed by atoms with Crippen molar-refractivity contribution in [3.63, 3.8) is 0 Å².